The van der Waals surface area contributed by atoms with Crippen LogP contribution in [-0.2, 0) is 11.3 Å². The molecule has 2 aromatic carbocycles. The summed E-state index contributed by atoms with van der Waals surface area (Å²) in [6.07, 6.45) is 1.62. The third-order valence-electron chi connectivity index (χ3n) is 4.19. The van der Waals surface area contributed by atoms with Crippen LogP contribution < -0.4 is 16.0 Å². The summed E-state index contributed by atoms with van der Waals surface area (Å²) in [5, 5.41) is 8.82. The summed E-state index contributed by atoms with van der Waals surface area (Å²) >= 11 is 0. The molecule has 0 aliphatic carbocycles. The highest BCUT2D eigenvalue weighted by atomic mass is 16.2. The first-order valence-electron chi connectivity index (χ1n) is 8.95. The number of carbonyl (C=O) groups excluding carboxylic acids is 2. The molecule has 28 heavy (non-hydrogen) atoms. The van der Waals surface area contributed by atoms with Gasteiger partial charge < -0.3 is 16.0 Å². The van der Waals surface area contributed by atoms with Crippen LogP contribution in [-0.4, -0.2) is 16.8 Å². The van der Waals surface area contributed by atoms with Crippen LogP contribution in [0.1, 0.15) is 28.5 Å². The topological polar surface area (TPSA) is 83.1 Å². The molecule has 142 valence electrons. The van der Waals surface area contributed by atoms with Crippen molar-refractivity contribution in [1.29, 1.82) is 0 Å². The van der Waals surface area contributed by atoms with E-state index in [-0.39, 0.29) is 11.8 Å². The minimum Gasteiger partial charge on any atom is -0.354 e. The number of hydrogen-bond acceptors (Lipinski definition) is 4. The Morgan fingerprint density at radius 3 is 2.21 bits per heavy atom. The number of nitrogens with zero attached hydrogens (tertiary/aromatic N) is 1. The summed E-state index contributed by atoms with van der Waals surface area (Å²) in [6.45, 7) is 3.95. The second kappa shape index (κ2) is 8.81. The number of aromatic nitrogens is 1. The van der Waals surface area contributed by atoms with Gasteiger partial charge in [0, 0.05) is 24.8 Å². The summed E-state index contributed by atoms with van der Waals surface area (Å²) in [4.78, 5) is 27.6. The average Bonchev–Trinajstić information content (AvgIpc) is 2.69. The van der Waals surface area contributed by atoms with Crippen molar-refractivity contribution in [3.63, 3.8) is 0 Å². The van der Waals surface area contributed by atoms with E-state index in [9.17, 15) is 9.59 Å². The third-order valence-corrected chi connectivity index (χ3v) is 4.19. The fourth-order valence-electron chi connectivity index (χ4n) is 2.68. The molecule has 0 aliphatic heterocycles. The normalized spacial score (nSPS) is 10.2. The molecule has 0 aliphatic rings. The molecule has 3 rings (SSSR count). The van der Waals surface area contributed by atoms with Gasteiger partial charge in [0.05, 0.1) is 11.9 Å². The van der Waals surface area contributed by atoms with E-state index in [4.69, 9.17) is 0 Å². The van der Waals surface area contributed by atoms with E-state index < -0.39 is 0 Å². The van der Waals surface area contributed by atoms with Gasteiger partial charge in [-0.05, 0) is 54.4 Å². The largest absolute Gasteiger partial charge is 0.354 e. The van der Waals surface area contributed by atoms with Gasteiger partial charge in [0.2, 0.25) is 5.91 Å². The lowest BCUT2D eigenvalue weighted by molar-refractivity contribution is -0.114. The van der Waals surface area contributed by atoms with E-state index in [1.807, 2.05) is 55.5 Å². The van der Waals surface area contributed by atoms with E-state index in [1.54, 1.807) is 18.3 Å². The lowest BCUT2D eigenvalue weighted by Crippen LogP contribution is -2.24. The number of hydrogen-bond donors (Lipinski definition) is 3. The number of benzene rings is 2. The van der Waals surface area contributed by atoms with Gasteiger partial charge in [0.1, 0.15) is 5.69 Å². The maximum Gasteiger partial charge on any atom is 0.270 e. The predicted octanol–water partition coefficient (Wildman–Crippen LogP) is 4.02. The standard InChI is InChI=1S/C22H22N4O2/c1-15-5-3-4-6-17(15)13-24-22(28)21-12-11-20(14-23-21)26-19-9-7-18(8-10-19)25-16(2)27/h3-12,14,26H,13H2,1-2H3,(H,24,28)(H,25,27). The Hall–Kier alpha value is -3.67. The van der Waals surface area contributed by atoms with Crippen LogP contribution in [0.15, 0.2) is 66.9 Å². The Morgan fingerprint density at radius 2 is 1.57 bits per heavy atom. The smallest absolute Gasteiger partial charge is 0.270 e. The number of aryl methyl sites for hydroxylation is 1. The Morgan fingerprint density at radius 1 is 0.893 bits per heavy atom. The summed E-state index contributed by atoms with van der Waals surface area (Å²) in [6, 6.07) is 18.8. The van der Waals surface area contributed by atoms with Crippen molar-refractivity contribution in [2.45, 2.75) is 20.4 Å². The van der Waals surface area contributed by atoms with Crippen molar-refractivity contribution < 1.29 is 9.59 Å². The molecule has 0 fully saturated rings. The zero-order valence-electron chi connectivity index (χ0n) is 15.8. The molecular weight excluding hydrogens is 352 g/mol. The third kappa shape index (κ3) is 5.17. The molecule has 1 heterocycles. The van der Waals surface area contributed by atoms with Gasteiger partial charge in [0.25, 0.3) is 5.91 Å². The van der Waals surface area contributed by atoms with Crippen molar-refractivity contribution in [2.24, 2.45) is 0 Å². The van der Waals surface area contributed by atoms with Crippen molar-refractivity contribution in [2.75, 3.05) is 10.6 Å². The zero-order chi connectivity index (χ0) is 19.9. The van der Waals surface area contributed by atoms with Gasteiger partial charge in [-0.1, -0.05) is 24.3 Å². The van der Waals surface area contributed by atoms with Gasteiger partial charge in [-0.25, -0.2) is 4.98 Å². The van der Waals surface area contributed by atoms with Crippen LogP contribution in [0, 0.1) is 6.92 Å². The Bertz CT molecular complexity index is 967. The minimum absolute atomic E-state index is 0.110. The van der Waals surface area contributed by atoms with Gasteiger partial charge in [-0.15, -0.1) is 0 Å². The lowest BCUT2D eigenvalue weighted by Gasteiger charge is -2.09. The molecule has 0 unspecified atom stereocenters. The monoisotopic (exact) mass is 374 g/mol. The molecule has 2 amide bonds. The molecule has 1 aromatic heterocycles. The molecule has 0 saturated heterocycles. The van der Waals surface area contributed by atoms with E-state index >= 15 is 0 Å². The highest BCUT2D eigenvalue weighted by Crippen LogP contribution is 2.18. The first kappa shape index (κ1) is 19.1. The minimum atomic E-state index is -0.213. The van der Waals surface area contributed by atoms with Crippen molar-refractivity contribution >= 4 is 28.9 Å². The first-order valence-corrected chi connectivity index (χ1v) is 8.95. The molecule has 0 bridgehead atoms. The van der Waals surface area contributed by atoms with E-state index in [0.29, 0.717) is 12.2 Å². The van der Waals surface area contributed by atoms with Crippen LogP contribution in [0.3, 0.4) is 0 Å². The second-order valence-corrected chi connectivity index (χ2v) is 6.42. The Labute approximate surface area is 164 Å². The zero-order valence-corrected chi connectivity index (χ0v) is 15.8. The van der Waals surface area contributed by atoms with Gasteiger partial charge in [-0.3, -0.25) is 9.59 Å². The summed E-state index contributed by atoms with van der Waals surface area (Å²) in [5.74, 6) is -0.323. The number of rotatable bonds is 6. The highest BCUT2D eigenvalue weighted by Gasteiger charge is 2.08. The lowest BCUT2D eigenvalue weighted by atomic mass is 10.1. The molecule has 0 atom stereocenters. The molecule has 6 nitrogen and oxygen atoms in total. The van der Waals surface area contributed by atoms with Gasteiger partial charge in [-0.2, -0.15) is 0 Å². The molecule has 0 radical (unpaired) electrons. The van der Waals surface area contributed by atoms with Crippen LogP contribution in [0.4, 0.5) is 17.1 Å². The molecule has 3 aromatic rings. The molecule has 3 N–H and O–H groups in total. The first-order chi connectivity index (χ1) is 13.5. The summed E-state index contributed by atoms with van der Waals surface area (Å²) in [7, 11) is 0. The second-order valence-electron chi connectivity index (χ2n) is 6.42. The Balaban J connectivity index is 1.57. The summed E-state index contributed by atoms with van der Waals surface area (Å²) in [5.41, 5.74) is 4.93. The molecule has 0 saturated carbocycles. The quantitative estimate of drug-likeness (QED) is 0.608. The molecule has 6 heteroatoms. The van der Waals surface area contributed by atoms with Crippen LogP contribution in [0.2, 0.25) is 0 Å². The average molecular weight is 374 g/mol. The van der Waals surface area contributed by atoms with Crippen molar-refractivity contribution in [1.82, 2.24) is 10.3 Å². The fourth-order valence-corrected chi connectivity index (χ4v) is 2.68. The SMILES string of the molecule is CC(=O)Nc1ccc(Nc2ccc(C(=O)NCc3ccccc3C)nc2)cc1. The highest BCUT2D eigenvalue weighted by molar-refractivity contribution is 5.92. The number of amides is 2. The van der Waals surface area contributed by atoms with E-state index in [0.717, 1.165) is 28.2 Å². The van der Waals surface area contributed by atoms with Crippen LogP contribution in [0.25, 0.3) is 0 Å². The fraction of sp³-hybridized carbons (Fsp3) is 0.136. The van der Waals surface area contributed by atoms with Gasteiger partial charge >= 0.3 is 0 Å². The number of carbonyl (C=O) groups is 2. The predicted molar refractivity (Wildman–Crippen MR) is 111 cm³/mol. The van der Waals surface area contributed by atoms with Crippen molar-refractivity contribution in [3.05, 3.63) is 83.7 Å². The maximum atomic E-state index is 12.3. The van der Waals surface area contributed by atoms with Gasteiger partial charge in [0.15, 0.2) is 0 Å². The maximum absolute atomic E-state index is 12.3. The molecule has 0 spiro atoms. The van der Waals surface area contributed by atoms with Crippen molar-refractivity contribution in [3.8, 4) is 0 Å². The van der Waals surface area contributed by atoms with Crippen LogP contribution in [0.5, 0.6) is 0 Å². The van der Waals surface area contributed by atoms with E-state index in [2.05, 4.69) is 20.9 Å². The summed E-state index contributed by atoms with van der Waals surface area (Å²) < 4.78 is 0. The number of anilines is 3. The van der Waals surface area contributed by atoms with E-state index in [1.165, 1.54) is 6.92 Å². The number of pyridine rings is 1. The Kier molecular flexibility index (Phi) is 6.01. The van der Waals surface area contributed by atoms with Crippen LogP contribution >= 0.6 is 0 Å². The molecular formula is C22H22N4O2. The number of nitrogens with one attached hydrogen (secondary N) is 3.